The molecule has 7 heteroatoms. The van der Waals surface area contributed by atoms with E-state index in [9.17, 15) is 9.59 Å². The smallest absolute Gasteiger partial charge is 0.268 e. The summed E-state index contributed by atoms with van der Waals surface area (Å²) in [4.78, 5) is 24.9. The molecule has 3 aromatic rings. The monoisotopic (exact) mass is 444 g/mol. The summed E-state index contributed by atoms with van der Waals surface area (Å²) in [6.45, 7) is 2.49. The molecule has 0 aliphatic carbocycles. The Labute approximate surface area is 184 Å². The summed E-state index contributed by atoms with van der Waals surface area (Å²) in [7, 11) is 1.83. The van der Waals surface area contributed by atoms with Gasteiger partial charge in [0.1, 0.15) is 11.5 Å². The number of aromatic nitrogens is 1. The number of Topliss-reactive ketones (excluding diaryl/α,β-unsaturated/α-hetero) is 1. The summed E-state index contributed by atoms with van der Waals surface area (Å²) in [5.74, 6) is -0.123. The number of hydrogen-bond donors (Lipinski definition) is 1. The third-order valence-corrected chi connectivity index (χ3v) is 6.47. The van der Waals surface area contributed by atoms with Gasteiger partial charge in [0.2, 0.25) is 0 Å². The highest BCUT2D eigenvalue weighted by Crippen LogP contribution is 2.34. The van der Waals surface area contributed by atoms with Crippen LogP contribution < -0.4 is 5.32 Å². The van der Waals surface area contributed by atoms with Gasteiger partial charge in [-0.3, -0.25) is 9.59 Å². The van der Waals surface area contributed by atoms with Gasteiger partial charge in [-0.15, -0.1) is 0 Å². The molecule has 0 saturated carbocycles. The molecular weight excluding hydrogens is 423 g/mol. The lowest BCUT2D eigenvalue weighted by atomic mass is 9.87. The fourth-order valence-corrected chi connectivity index (χ4v) is 4.46. The van der Waals surface area contributed by atoms with Gasteiger partial charge >= 0.3 is 0 Å². The molecule has 0 radical (unpaired) electrons. The van der Waals surface area contributed by atoms with E-state index in [-0.39, 0.29) is 11.7 Å². The third kappa shape index (κ3) is 3.73. The Morgan fingerprint density at radius 2 is 2.00 bits per heavy atom. The first-order valence-electron chi connectivity index (χ1n) is 9.73. The largest absolute Gasteiger partial charge is 0.379 e. The minimum atomic E-state index is -0.651. The predicted octanol–water partition coefficient (Wildman–Crippen LogP) is 4.66. The van der Waals surface area contributed by atoms with Gasteiger partial charge in [0.05, 0.1) is 22.2 Å². The normalized spacial score (nSPS) is 18.7. The fraction of sp³-hybridized carbons (Fsp3) is 0.304. The highest BCUT2D eigenvalue weighted by Gasteiger charge is 2.39. The van der Waals surface area contributed by atoms with E-state index in [4.69, 9.17) is 27.9 Å². The van der Waals surface area contributed by atoms with Crippen LogP contribution in [0.1, 0.15) is 35.0 Å². The zero-order valence-electron chi connectivity index (χ0n) is 16.8. The number of carbonyl (C=O) groups is 2. The average Bonchev–Trinajstić information content (AvgIpc) is 3.30. The van der Waals surface area contributed by atoms with Gasteiger partial charge in [0, 0.05) is 37.4 Å². The van der Waals surface area contributed by atoms with Gasteiger partial charge in [-0.2, -0.15) is 0 Å². The van der Waals surface area contributed by atoms with Crippen molar-refractivity contribution in [1.29, 1.82) is 0 Å². The van der Waals surface area contributed by atoms with Crippen molar-refractivity contribution >= 4 is 45.8 Å². The van der Waals surface area contributed by atoms with E-state index in [1.54, 1.807) is 19.1 Å². The van der Waals surface area contributed by atoms with Gasteiger partial charge in [0.15, 0.2) is 0 Å². The molecule has 1 atom stereocenters. The summed E-state index contributed by atoms with van der Waals surface area (Å²) >= 11 is 12.5. The number of halogens is 2. The molecule has 156 valence electrons. The first kappa shape index (κ1) is 20.9. The van der Waals surface area contributed by atoms with Crippen LogP contribution in [0.3, 0.4) is 0 Å². The molecule has 30 heavy (non-hydrogen) atoms. The van der Waals surface area contributed by atoms with E-state index < -0.39 is 5.54 Å². The second-order valence-electron chi connectivity index (χ2n) is 7.80. The van der Waals surface area contributed by atoms with E-state index in [0.29, 0.717) is 41.8 Å². The van der Waals surface area contributed by atoms with E-state index >= 15 is 0 Å². The fourth-order valence-electron chi connectivity index (χ4n) is 4.08. The van der Waals surface area contributed by atoms with Crippen molar-refractivity contribution in [3.8, 4) is 0 Å². The highest BCUT2D eigenvalue weighted by molar-refractivity contribution is 6.45. The van der Waals surface area contributed by atoms with Crippen molar-refractivity contribution in [2.45, 2.75) is 25.3 Å². The number of ketones is 1. The number of rotatable bonds is 5. The van der Waals surface area contributed by atoms with Gasteiger partial charge in [-0.1, -0.05) is 47.5 Å². The molecule has 1 fully saturated rings. The number of fused-ring (bicyclic) bond motifs is 1. The van der Waals surface area contributed by atoms with Crippen LogP contribution in [-0.4, -0.2) is 29.5 Å². The van der Waals surface area contributed by atoms with Crippen LogP contribution in [0.2, 0.25) is 10.0 Å². The van der Waals surface area contributed by atoms with E-state index in [1.807, 2.05) is 41.9 Å². The van der Waals surface area contributed by atoms with Gasteiger partial charge in [-0.05, 0) is 36.2 Å². The third-order valence-electron chi connectivity index (χ3n) is 5.65. The summed E-state index contributed by atoms with van der Waals surface area (Å²) < 4.78 is 7.48. The average molecular weight is 445 g/mol. The molecule has 1 aromatic heterocycles. The molecule has 2 aromatic carbocycles. The van der Waals surface area contributed by atoms with Crippen LogP contribution in [0.5, 0.6) is 0 Å². The maximum absolute atomic E-state index is 13.3. The minimum Gasteiger partial charge on any atom is -0.379 e. The summed E-state index contributed by atoms with van der Waals surface area (Å²) in [6.07, 6.45) is 1.01. The Morgan fingerprint density at radius 3 is 2.70 bits per heavy atom. The predicted molar refractivity (Wildman–Crippen MR) is 118 cm³/mol. The van der Waals surface area contributed by atoms with Crippen molar-refractivity contribution in [2.24, 2.45) is 7.05 Å². The number of nitrogens with one attached hydrogen (secondary N) is 1. The highest BCUT2D eigenvalue weighted by atomic mass is 35.5. The lowest BCUT2D eigenvalue weighted by Gasteiger charge is -2.30. The number of aryl methyl sites for hydroxylation is 1. The van der Waals surface area contributed by atoms with Crippen LogP contribution in [0, 0.1) is 0 Å². The van der Waals surface area contributed by atoms with E-state index in [0.717, 1.165) is 22.0 Å². The van der Waals surface area contributed by atoms with Crippen LogP contribution in [-0.2, 0) is 28.5 Å². The number of benzene rings is 2. The lowest BCUT2D eigenvalue weighted by Crippen LogP contribution is -2.47. The molecule has 0 bridgehead atoms. The first-order valence-corrected chi connectivity index (χ1v) is 10.5. The van der Waals surface area contributed by atoms with Crippen molar-refractivity contribution in [3.05, 3.63) is 69.3 Å². The Bertz CT molecular complexity index is 1150. The van der Waals surface area contributed by atoms with Crippen molar-refractivity contribution < 1.29 is 14.3 Å². The van der Waals surface area contributed by atoms with Crippen molar-refractivity contribution in [3.63, 3.8) is 0 Å². The molecule has 1 amide bonds. The van der Waals surface area contributed by atoms with Crippen LogP contribution >= 0.6 is 23.2 Å². The molecule has 1 aliphatic rings. The molecule has 5 nitrogen and oxygen atoms in total. The molecule has 1 aliphatic heterocycles. The summed E-state index contributed by atoms with van der Waals surface area (Å²) in [5, 5.41) is 4.81. The molecule has 1 unspecified atom stereocenters. The number of nitrogens with zero attached hydrogens (tertiary/aromatic N) is 1. The molecular formula is C23H22Cl2N2O3. The first-order chi connectivity index (χ1) is 14.3. The van der Waals surface area contributed by atoms with Crippen LogP contribution in [0.25, 0.3) is 10.9 Å². The van der Waals surface area contributed by atoms with Crippen LogP contribution in [0.15, 0.2) is 42.5 Å². The number of amides is 1. The minimum absolute atomic E-state index is 0.0962. The zero-order chi connectivity index (χ0) is 21.5. The van der Waals surface area contributed by atoms with Gasteiger partial charge in [-0.25, -0.2) is 0 Å². The van der Waals surface area contributed by atoms with Crippen LogP contribution in [0.4, 0.5) is 0 Å². The maximum Gasteiger partial charge on any atom is 0.268 e. The topological polar surface area (TPSA) is 60.3 Å². The van der Waals surface area contributed by atoms with E-state index in [1.165, 1.54) is 0 Å². The van der Waals surface area contributed by atoms with Gasteiger partial charge < -0.3 is 14.6 Å². The van der Waals surface area contributed by atoms with E-state index in [2.05, 4.69) is 5.32 Å². The standard InChI is InChI=1S/C23H22Cl2N2O3/c1-14(28)10-15-4-3-5-16(11-15)23(8-9-30-13-23)26-22(29)20-12-17-19(27(20)2)7-6-18(24)21(17)25/h3-7,11-12H,8-10,13H2,1-2H3,(H,26,29). The number of ether oxygens (including phenoxy) is 1. The number of hydrogen-bond acceptors (Lipinski definition) is 3. The Hall–Kier alpha value is -2.34. The zero-order valence-corrected chi connectivity index (χ0v) is 18.3. The quantitative estimate of drug-likeness (QED) is 0.622. The molecule has 2 heterocycles. The Balaban J connectivity index is 1.70. The molecule has 1 N–H and O–H groups in total. The molecule has 1 saturated heterocycles. The van der Waals surface area contributed by atoms with Crippen molar-refractivity contribution in [2.75, 3.05) is 13.2 Å². The number of carbonyl (C=O) groups excluding carboxylic acids is 2. The van der Waals surface area contributed by atoms with Gasteiger partial charge in [0.25, 0.3) is 5.91 Å². The lowest BCUT2D eigenvalue weighted by molar-refractivity contribution is -0.116. The summed E-state index contributed by atoms with van der Waals surface area (Å²) in [6, 6.07) is 13.1. The Morgan fingerprint density at radius 1 is 1.20 bits per heavy atom. The maximum atomic E-state index is 13.3. The molecule has 4 rings (SSSR count). The molecule has 0 spiro atoms. The Kier molecular flexibility index (Phi) is 5.62. The SMILES string of the molecule is CC(=O)Cc1cccc(C2(NC(=O)c3cc4c(Cl)c(Cl)ccc4n3C)CCOC2)c1. The summed E-state index contributed by atoms with van der Waals surface area (Å²) in [5.41, 5.74) is 2.52. The second-order valence-corrected chi connectivity index (χ2v) is 8.59. The van der Waals surface area contributed by atoms with Crippen molar-refractivity contribution in [1.82, 2.24) is 9.88 Å². The second kappa shape index (κ2) is 8.06.